The quantitative estimate of drug-likeness (QED) is 0.730. The smallest absolute Gasteiger partial charge is 0.239 e. The first-order valence-corrected chi connectivity index (χ1v) is 6.34. The number of nitrogen functional groups attached to an aromatic ring is 1. The maximum atomic E-state index is 11.5. The number of anilines is 2. The molecule has 1 aromatic carbocycles. The lowest BCUT2D eigenvalue weighted by Gasteiger charge is -2.11. The zero-order valence-corrected chi connectivity index (χ0v) is 11.7. The van der Waals surface area contributed by atoms with Crippen LogP contribution in [0, 0.1) is 5.92 Å². The minimum absolute atomic E-state index is 0.0268. The van der Waals surface area contributed by atoms with Gasteiger partial charge in [-0.15, -0.1) is 0 Å². The number of benzene rings is 1. The van der Waals surface area contributed by atoms with Gasteiger partial charge >= 0.3 is 0 Å². The summed E-state index contributed by atoms with van der Waals surface area (Å²) in [4.78, 5) is 11.5. The lowest BCUT2D eigenvalue weighted by molar-refractivity contribution is -0.119. The van der Waals surface area contributed by atoms with E-state index in [9.17, 15) is 4.79 Å². The van der Waals surface area contributed by atoms with Crippen molar-refractivity contribution in [3.63, 3.8) is 0 Å². The van der Waals surface area contributed by atoms with Gasteiger partial charge in [-0.3, -0.25) is 4.79 Å². The summed E-state index contributed by atoms with van der Waals surface area (Å²) in [5, 5.41) is 5.84. The van der Waals surface area contributed by atoms with Gasteiger partial charge in [0.2, 0.25) is 5.91 Å². The van der Waals surface area contributed by atoms with Crippen molar-refractivity contribution in [3.05, 3.63) is 22.7 Å². The number of carbonyl (C=O) groups excluding carboxylic acids is 1. The van der Waals surface area contributed by atoms with Crippen LogP contribution in [-0.4, -0.2) is 19.0 Å². The highest BCUT2D eigenvalue weighted by molar-refractivity contribution is 9.10. The number of rotatable bonds is 5. The van der Waals surface area contributed by atoms with E-state index in [0.29, 0.717) is 18.2 Å². The van der Waals surface area contributed by atoms with Crippen molar-refractivity contribution in [2.45, 2.75) is 13.8 Å². The number of carbonyl (C=O) groups is 1. The van der Waals surface area contributed by atoms with E-state index in [-0.39, 0.29) is 12.5 Å². The Bertz CT molecular complexity index is 393. The summed E-state index contributed by atoms with van der Waals surface area (Å²) in [6.45, 7) is 5.04. The normalized spacial score (nSPS) is 10.4. The minimum Gasteiger partial charge on any atom is -0.397 e. The zero-order chi connectivity index (χ0) is 12.8. The molecular formula is C12H18BrN3O. The molecular weight excluding hydrogens is 282 g/mol. The molecule has 1 aromatic rings. The standard InChI is InChI=1S/C12H18BrN3O/c1-8(2)6-16-12(17)7-15-11-4-3-9(13)5-10(11)14/h3-5,8,15H,6-7,14H2,1-2H3,(H,16,17). The molecule has 0 fully saturated rings. The molecule has 4 nitrogen and oxygen atoms in total. The summed E-state index contributed by atoms with van der Waals surface area (Å²) in [5.74, 6) is 0.428. The molecule has 0 aromatic heterocycles. The van der Waals surface area contributed by atoms with Crippen molar-refractivity contribution >= 4 is 33.2 Å². The van der Waals surface area contributed by atoms with Gasteiger partial charge in [0.1, 0.15) is 0 Å². The molecule has 0 aliphatic carbocycles. The molecule has 0 bridgehead atoms. The van der Waals surface area contributed by atoms with E-state index in [1.54, 1.807) is 6.07 Å². The first-order chi connectivity index (χ1) is 7.99. The third kappa shape index (κ3) is 5.08. The SMILES string of the molecule is CC(C)CNC(=O)CNc1ccc(Br)cc1N. The fraction of sp³-hybridized carbons (Fsp3) is 0.417. The molecule has 4 N–H and O–H groups in total. The number of nitrogens with one attached hydrogen (secondary N) is 2. The van der Waals surface area contributed by atoms with Gasteiger partial charge in [0, 0.05) is 11.0 Å². The Morgan fingerprint density at radius 2 is 2.18 bits per heavy atom. The highest BCUT2D eigenvalue weighted by Gasteiger charge is 2.04. The van der Waals surface area contributed by atoms with E-state index in [0.717, 1.165) is 10.2 Å². The van der Waals surface area contributed by atoms with Gasteiger partial charge < -0.3 is 16.4 Å². The second-order valence-corrected chi connectivity index (χ2v) is 5.20. The van der Waals surface area contributed by atoms with Crippen molar-refractivity contribution in [1.82, 2.24) is 5.32 Å². The summed E-state index contributed by atoms with van der Waals surface area (Å²) in [7, 11) is 0. The average Bonchev–Trinajstić information content (AvgIpc) is 2.25. The molecule has 1 amide bonds. The molecule has 0 saturated carbocycles. The fourth-order valence-corrected chi connectivity index (χ4v) is 1.63. The Balaban J connectivity index is 2.42. The van der Waals surface area contributed by atoms with E-state index in [2.05, 4.69) is 40.4 Å². The van der Waals surface area contributed by atoms with Gasteiger partial charge in [-0.25, -0.2) is 0 Å². The second-order valence-electron chi connectivity index (χ2n) is 4.28. The highest BCUT2D eigenvalue weighted by Crippen LogP contribution is 2.22. The van der Waals surface area contributed by atoms with Gasteiger partial charge in [-0.05, 0) is 24.1 Å². The number of amides is 1. The molecule has 94 valence electrons. The van der Waals surface area contributed by atoms with Crippen molar-refractivity contribution in [1.29, 1.82) is 0 Å². The molecule has 0 atom stereocenters. The molecule has 0 unspecified atom stereocenters. The summed E-state index contributed by atoms with van der Waals surface area (Å²) in [5.41, 5.74) is 7.20. The van der Waals surface area contributed by atoms with Gasteiger partial charge in [0.25, 0.3) is 0 Å². The first kappa shape index (κ1) is 13.8. The molecule has 0 aliphatic rings. The summed E-state index contributed by atoms with van der Waals surface area (Å²) in [6.07, 6.45) is 0. The number of nitrogens with two attached hydrogens (primary N) is 1. The van der Waals surface area contributed by atoms with Crippen LogP contribution in [0.3, 0.4) is 0 Å². The topological polar surface area (TPSA) is 67.2 Å². The van der Waals surface area contributed by atoms with E-state index in [4.69, 9.17) is 5.73 Å². The lowest BCUT2D eigenvalue weighted by atomic mass is 10.2. The summed E-state index contributed by atoms with van der Waals surface area (Å²) < 4.78 is 0.921. The summed E-state index contributed by atoms with van der Waals surface area (Å²) in [6, 6.07) is 5.52. The second kappa shape index (κ2) is 6.49. The Kier molecular flexibility index (Phi) is 5.28. The minimum atomic E-state index is -0.0268. The third-order valence-corrected chi connectivity index (χ3v) is 2.65. The maximum Gasteiger partial charge on any atom is 0.239 e. The van der Waals surface area contributed by atoms with Crippen LogP contribution >= 0.6 is 15.9 Å². The Morgan fingerprint density at radius 1 is 1.47 bits per heavy atom. The molecule has 0 spiro atoms. The number of hydrogen-bond donors (Lipinski definition) is 3. The van der Waals surface area contributed by atoms with Crippen LogP contribution < -0.4 is 16.4 Å². The maximum absolute atomic E-state index is 11.5. The zero-order valence-electron chi connectivity index (χ0n) is 10.1. The van der Waals surface area contributed by atoms with Gasteiger partial charge in [-0.2, -0.15) is 0 Å². The van der Waals surface area contributed by atoms with Crippen molar-refractivity contribution < 1.29 is 4.79 Å². The predicted molar refractivity (Wildman–Crippen MR) is 74.9 cm³/mol. The molecule has 0 radical (unpaired) electrons. The van der Waals surface area contributed by atoms with Crippen LogP contribution in [0.5, 0.6) is 0 Å². The number of halogens is 1. The van der Waals surface area contributed by atoms with Crippen molar-refractivity contribution in [3.8, 4) is 0 Å². The van der Waals surface area contributed by atoms with Crippen molar-refractivity contribution in [2.24, 2.45) is 5.92 Å². The third-order valence-electron chi connectivity index (χ3n) is 2.16. The van der Waals surface area contributed by atoms with Gasteiger partial charge in [-0.1, -0.05) is 29.8 Å². The molecule has 0 saturated heterocycles. The van der Waals surface area contributed by atoms with Crippen LogP contribution in [-0.2, 0) is 4.79 Å². The van der Waals surface area contributed by atoms with Crippen LogP contribution in [0.15, 0.2) is 22.7 Å². The molecule has 5 heteroatoms. The fourth-order valence-electron chi connectivity index (χ4n) is 1.25. The molecule has 0 heterocycles. The van der Waals surface area contributed by atoms with E-state index >= 15 is 0 Å². The molecule has 1 rings (SSSR count). The monoisotopic (exact) mass is 299 g/mol. The molecule has 0 aliphatic heterocycles. The predicted octanol–water partition coefficient (Wildman–Crippen LogP) is 2.22. The van der Waals surface area contributed by atoms with Crippen LogP contribution in [0.25, 0.3) is 0 Å². The first-order valence-electron chi connectivity index (χ1n) is 5.54. The van der Waals surface area contributed by atoms with Crippen molar-refractivity contribution in [2.75, 3.05) is 24.1 Å². The number of hydrogen-bond acceptors (Lipinski definition) is 3. The van der Waals surface area contributed by atoms with Gasteiger partial charge in [0.15, 0.2) is 0 Å². The molecule has 17 heavy (non-hydrogen) atoms. The van der Waals surface area contributed by atoms with Crippen LogP contribution in [0.1, 0.15) is 13.8 Å². The largest absolute Gasteiger partial charge is 0.397 e. The Morgan fingerprint density at radius 3 is 2.76 bits per heavy atom. The van der Waals surface area contributed by atoms with E-state index in [1.807, 2.05) is 12.1 Å². The van der Waals surface area contributed by atoms with Crippen LogP contribution in [0.2, 0.25) is 0 Å². The Labute approximate surface area is 110 Å². The van der Waals surface area contributed by atoms with Crippen LogP contribution in [0.4, 0.5) is 11.4 Å². The lowest BCUT2D eigenvalue weighted by Crippen LogP contribution is -2.32. The average molecular weight is 300 g/mol. The summed E-state index contributed by atoms with van der Waals surface area (Å²) >= 11 is 3.33. The Hall–Kier alpha value is -1.23. The van der Waals surface area contributed by atoms with E-state index < -0.39 is 0 Å². The van der Waals surface area contributed by atoms with E-state index in [1.165, 1.54) is 0 Å². The highest BCUT2D eigenvalue weighted by atomic mass is 79.9. The van der Waals surface area contributed by atoms with Gasteiger partial charge in [0.05, 0.1) is 17.9 Å².